The van der Waals surface area contributed by atoms with Crippen molar-refractivity contribution in [1.29, 1.82) is 0 Å². The predicted molar refractivity (Wildman–Crippen MR) is 33.1 cm³/mol. The van der Waals surface area contributed by atoms with Gasteiger partial charge in [-0.3, -0.25) is 0 Å². The number of hydrogen-bond acceptors (Lipinski definition) is 1. The molecule has 0 N–H and O–H groups in total. The van der Waals surface area contributed by atoms with Gasteiger partial charge in [0.2, 0.25) is 15.2 Å². The number of hydrogen-bond donors (Lipinski definition) is 0. The van der Waals surface area contributed by atoms with Crippen LogP contribution in [0.3, 0.4) is 0 Å². The molecule has 0 bridgehead atoms. The summed E-state index contributed by atoms with van der Waals surface area (Å²) in [7, 11) is 0. The maximum atomic E-state index is 9.70. The first kappa shape index (κ1) is 7.20. The summed E-state index contributed by atoms with van der Waals surface area (Å²) in [5, 5.41) is 2.55. The van der Waals surface area contributed by atoms with E-state index in [9.17, 15) is 4.79 Å². The average Bonchev–Trinajstić information content (AvgIpc) is 1.69. The Morgan fingerprint density at radius 3 is 2.86 bits per heavy atom. The second-order valence-electron chi connectivity index (χ2n) is 1.66. The molecule has 0 unspecified atom stereocenters. The summed E-state index contributed by atoms with van der Waals surface area (Å²) in [6, 6.07) is 0. The molecule has 40 valence electrons. The Morgan fingerprint density at radius 2 is 2.43 bits per heavy atom. The summed E-state index contributed by atoms with van der Waals surface area (Å²) in [6.45, 7) is 2.19. The van der Waals surface area contributed by atoms with Gasteiger partial charge in [-0.25, -0.2) is 0 Å². The second kappa shape index (κ2) is 6.20. The van der Waals surface area contributed by atoms with E-state index in [0.29, 0.717) is 0 Å². The molecule has 0 heterocycles. The van der Waals surface area contributed by atoms with Gasteiger partial charge in [0.1, 0.15) is 6.29 Å². The summed E-state index contributed by atoms with van der Waals surface area (Å²) in [5.74, 6) is 0. The van der Waals surface area contributed by atoms with E-state index in [0.717, 1.165) is 12.7 Å². The molecule has 0 atom stereocenters. The lowest BCUT2D eigenvalue weighted by Gasteiger charge is -1.81. The molecule has 0 radical (unpaired) electrons. The number of rotatable bonds is 4. The van der Waals surface area contributed by atoms with Gasteiger partial charge in [0.25, 0.3) is 0 Å². The highest BCUT2D eigenvalue weighted by Crippen LogP contribution is 1.85. The zero-order chi connectivity index (χ0) is 5.54. The van der Waals surface area contributed by atoms with Crippen LogP contribution in [-0.2, 0) is 4.79 Å². The zero-order valence-corrected chi connectivity index (χ0v) is 6.23. The van der Waals surface area contributed by atoms with Crippen LogP contribution in [0.15, 0.2) is 0 Å². The van der Waals surface area contributed by atoms with Gasteiger partial charge in [-0.1, -0.05) is 17.5 Å². The molecule has 2 heteroatoms. The maximum Gasteiger partial charge on any atom is 0.237 e. The number of carbonyl (C=O) groups is 1. The van der Waals surface area contributed by atoms with E-state index in [2.05, 4.69) is 6.92 Å². The van der Waals surface area contributed by atoms with Crippen molar-refractivity contribution in [3.8, 4) is 0 Å². The van der Waals surface area contributed by atoms with E-state index in [1.54, 1.807) is 0 Å². The van der Waals surface area contributed by atoms with Crippen LogP contribution in [0.25, 0.3) is 0 Å². The summed E-state index contributed by atoms with van der Waals surface area (Å²) < 4.78 is 0. The highest BCUT2D eigenvalue weighted by Gasteiger charge is 1.85. The minimum atomic E-state index is 0.179. The number of carbonyl (C=O) groups excluding carboxylic acids is 1. The SMILES string of the molecule is C[CH2][AlH][CH2]CC=O. The highest BCUT2D eigenvalue weighted by atomic mass is 27.1. The van der Waals surface area contributed by atoms with Crippen LogP contribution in [0.1, 0.15) is 13.3 Å². The Balaban J connectivity index is 2.56. The molecule has 0 aromatic heterocycles. The monoisotopic (exact) mass is 114 g/mol. The Morgan fingerprint density at radius 1 is 1.71 bits per heavy atom. The quantitative estimate of drug-likeness (QED) is 0.301. The molecule has 0 saturated heterocycles. The van der Waals surface area contributed by atoms with Crippen LogP contribution in [0.4, 0.5) is 0 Å². The van der Waals surface area contributed by atoms with Crippen molar-refractivity contribution in [1.82, 2.24) is 0 Å². The van der Waals surface area contributed by atoms with Crippen molar-refractivity contribution < 1.29 is 4.79 Å². The van der Waals surface area contributed by atoms with Gasteiger partial charge >= 0.3 is 0 Å². The van der Waals surface area contributed by atoms with E-state index < -0.39 is 0 Å². The molecule has 0 aliphatic rings. The topological polar surface area (TPSA) is 17.1 Å². The maximum absolute atomic E-state index is 9.70. The molecule has 0 amide bonds. The highest BCUT2D eigenvalue weighted by molar-refractivity contribution is 6.35. The molecule has 7 heavy (non-hydrogen) atoms. The average molecular weight is 114 g/mol. The first-order valence-electron chi connectivity index (χ1n) is 2.85. The van der Waals surface area contributed by atoms with Crippen LogP contribution >= 0.6 is 0 Å². The third-order valence-corrected chi connectivity index (χ3v) is 2.54. The predicted octanol–water partition coefficient (Wildman–Crippen LogP) is 0.868. The van der Waals surface area contributed by atoms with E-state index in [1.165, 1.54) is 10.6 Å². The molecule has 0 aromatic carbocycles. The van der Waals surface area contributed by atoms with Crippen molar-refractivity contribution >= 4 is 21.5 Å². The Hall–Kier alpha value is 0.202. The molecule has 0 rings (SSSR count). The van der Waals surface area contributed by atoms with E-state index in [-0.39, 0.29) is 15.2 Å². The molecule has 0 saturated carbocycles. The van der Waals surface area contributed by atoms with Gasteiger partial charge in [0, 0.05) is 0 Å². The largest absolute Gasteiger partial charge is 0.303 e. The fraction of sp³-hybridized carbons (Fsp3) is 0.800. The van der Waals surface area contributed by atoms with Crippen LogP contribution in [-0.4, -0.2) is 21.5 Å². The van der Waals surface area contributed by atoms with E-state index in [1.807, 2.05) is 0 Å². The molecular formula is C5H11AlO. The van der Waals surface area contributed by atoms with Crippen LogP contribution in [0.5, 0.6) is 0 Å². The molecule has 0 spiro atoms. The molecule has 0 aliphatic heterocycles. The lowest BCUT2D eigenvalue weighted by Crippen LogP contribution is -1.84. The minimum Gasteiger partial charge on any atom is -0.303 e. The molecule has 0 aromatic rings. The first-order chi connectivity index (χ1) is 3.41. The Kier molecular flexibility index (Phi) is 6.38. The van der Waals surface area contributed by atoms with Crippen LogP contribution in [0, 0.1) is 0 Å². The third kappa shape index (κ3) is 6.20. The minimum absolute atomic E-state index is 0.179. The second-order valence-corrected chi connectivity index (χ2v) is 4.08. The first-order valence-corrected chi connectivity index (χ1v) is 4.85. The van der Waals surface area contributed by atoms with Gasteiger partial charge < -0.3 is 4.79 Å². The fourth-order valence-corrected chi connectivity index (χ4v) is 1.43. The fourth-order valence-electron chi connectivity index (χ4n) is 0.478. The van der Waals surface area contributed by atoms with Crippen molar-refractivity contribution in [2.45, 2.75) is 23.9 Å². The van der Waals surface area contributed by atoms with E-state index >= 15 is 0 Å². The Bertz CT molecular complexity index is 45.3. The molecule has 0 fully saturated rings. The smallest absolute Gasteiger partial charge is 0.237 e. The van der Waals surface area contributed by atoms with Crippen LogP contribution in [0.2, 0.25) is 10.6 Å². The van der Waals surface area contributed by atoms with Gasteiger partial charge in [0.05, 0.1) is 0 Å². The Labute approximate surface area is 50.8 Å². The lowest BCUT2D eigenvalue weighted by atomic mass is 10.6. The standard InChI is InChI=1S/C3H5O.C2H5.Al.H/c1-2-3-4;1-2;;/h3H,1-2H2;1H2,2H3;;. The summed E-state index contributed by atoms with van der Waals surface area (Å²) in [4.78, 5) is 9.70. The third-order valence-electron chi connectivity index (χ3n) is 0.926. The summed E-state index contributed by atoms with van der Waals surface area (Å²) in [5.41, 5.74) is 0. The summed E-state index contributed by atoms with van der Waals surface area (Å²) in [6.07, 6.45) is 1.82. The van der Waals surface area contributed by atoms with Gasteiger partial charge in [-0.15, -0.1) is 0 Å². The zero-order valence-electron chi connectivity index (χ0n) is 4.81. The molecule has 0 aliphatic carbocycles. The lowest BCUT2D eigenvalue weighted by molar-refractivity contribution is -0.107. The van der Waals surface area contributed by atoms with Crippen molar-refractivity contribution in [3.63, 3.8) is 0 Å². The number of aldehydes is 1. The van der Waals surface area contributed by atoms with Crippen molar-refractivity contribution in [2.75, 3.05) is 0 Å². The van der Waals surface area contributed by atoms with Gasteiger partial charge in [-0.2, -0.15) is 0 Å². The van der Waals surface area contributed by atoms with Crippen molar-refractivity contribution in [2.24, 2.45) is 0 Å². The van der Waals surface area contributed by atoms with Gasteiger partial charge in [0.15, 0.2) is 0 Å². The summed E-state index contributed by atoms with van der Waals surface area (Å²) >= 11 is 0.179. The van der Waals surface area contributed by atoms with Gasteiger partial charge in [-0.05, 0) is 6.42 Å². The molecule has 1 nitrogen and oxygen atoms in total. The normalized spacial score (nSPS) is 8.14. The van der Waals surface area contributed by atoms with Crippen LogP contribution < -0.4 is 0 Å². The van der Waals surface area contributed by atoms with Crippen molar-refractivity contribution in [3.05, 3.63) is 0 Å². The van der Waals surface area contributed by atoms with E-state index in [4.69, 9.17) is 0 Å². The molecular weight excluding hydrogens is 103 g/mol.